The van der Waals surface area contributed by atoms with Crippen LogP contribution in [0.3, 0.4) is 0 Å². The van der Waals surface area contributed by atoms with Crippen molar-refractivity contribution < 1.29 is 14.3 Å². The van der Waals surface area contributed by atoms with Gasteiger partial charge in [-0.3, -0.25) is 4.79 Å². The molecule has 0 aromatic heterocycles. The van der Waals surface area contributed by atoms with Crippen molar-refractivity contribution in [2.75, 3.05) is 24.7 Å². The Balaban J connectivity index is 1.97. The third-order valence-corrected chi connectivity index (χ3v) is 6.04. The number of carbonyl (C=O) groups is 1. The molecule has 122 valence electrons. The van der Waals surface area contributed by atoms with Crippen LogP contribution in [0.1, 0.15) is 34.1 Å². The minimum atomic E-state index is -0.449. The Bertz CT molecular complexity index is 488. The van der Waals surface area contributed by atoms with Crippen molar-refractivity contribution >= 4 is 16.9 Å². The van der Waals surface area contributed by atoms with Crippen LogP contribution in [0.5, 0.6) is 5.75 Å². The molecule has 0 bridgehead atoms. The van der Waals surface area contributed by atoms with Crippen LogP contribution in [0.15, 0.2) is 29.2 Å². The maximum atomic E-state index is 12.3. The van der Waals surface area contributed by atoms with Crippen LogP contribution in [0.2, 0.25) is 0 Å². The zero-order valence-electron chi connectivity index (χ0n) is 14.1. The zero-order valence-corrected chi connectivity index (χ0v) is 14.9. The molecule has 4 heteroatoms. The molecule has 1 aromatic rings. The fraction of sp³-hybridized carbons (Fsp3) is 0.611. The standard InChI is InChI=1S/C18H27O3S/c1-14(2)13-18(3,4)17(19)21-15-5-7-16(8-6-15)22-11-9-20-10-12-22/h5-8,14H,9-13H2,1-4H3/q+1. The van der Waals surface area contributed by atoms with Crippen molar-refractivity contribution in [1.29, 1.82) is 0 Å². The highest BCUT2D eigenvalue weighted by molar-refractivity contribution is 7.97. The van der Waals surface area contributed by atoms with E-state index in [-0.39, 0.29) is 16.9 Å². The van der Waals surface area contributed by atoms with E-state index >= 15 is 0 Å². The summed E-state index contributed by atoms with van der Waals surface area (Å²) in [6, 6.07) is 8.02. The van der Waals surface area contributed by atoms with Crippen LogP contribution in [0.25, 0.3) is 0 Å². The monoisotopic (exact) mass is 323 g/mol. The van der Waals surface area contributed by atoms with Crippen LogP contribution < -0.4 is 4.74 Å². The summed E-state index contributed by atoms with van der Waals surface area (Å²) in [7, 11) is 0.281. The Hall–Kier alpha value is -1.00. The molecule has 0 amide bonds. The molecular weight excluding hydrogens is 296 g/mol. The first-order chi connectivity index (χ1) is 10.4. The molecule has 0 atom stereocenters. The second kappa shape index (κ2) is 7.51. The Kier molecular flexibility index (Phi) is 5.93. The molecule has 2 rings (SSSR count). The molecule has 1 saturated heterocycles. The molecule has 0 saturated carbocycles. The fourth-order valence-electron chi connectivity index (χ4n) is 2.81. The van der Waals surface area contributed by atoms with Crippen LogP contribution in [-0.2, 0) is 20.4 Å². The van der Waals surface area contributed by atoms with Crippen LogP contribution in [0, 0.1) is 11.3 Å². The molecule has 1 aromatic carbocycles. The van der Waals surface area contributed by atoms with Gasteiger partial charge in [0.2, 0.25) is 0 Å². The second-order valence-corrected chi connectivity index (χ2v) is 9.13. The normalized spacial score (nSPS) is 16.8. The molecule has 1 aliphatic rings. The molecule has 1 fully saturated rings. The number of esters is 1. The second-order valence-electron chi connectivity index (χ2n) is 6.86. The lowest BCUT2D eigenvalue weighted by atomic mass is 9.84. The summed E-state index contributed by atoms with van der Waals surface area (Å²) in [4.78, 5) is 13.7. The molecule has 1 heterocycles. The first-order valence-electron chi connectivity index (χ1n) is 7.96. The largest absolute Gasteiger partial charge is 0.426 e. The highest BCUT2D eigenvalue weighted by Crippen LogP contribution is 2.28. The van der Waals surface area contributed by atoms with Crippen molar-refractivity contribution in [2.24, 2.45) is 11.3 Å². The highest BCUT2D eigenvalue weighted by atomic mass is 32.2. The first kappa shape index (κ1) is 17.4. The number of carbonyl (C=O) groups excluding carboxylic acids is 1. The van der Waals surface area contributed by atoms with Gasteiger partial charge < -0.3 is 9.47 Å². The predicted octanol–water partition coefficient (Wildman–Crippen LogP) is 3.67. The lowest BCUT2D eigenvalue weighted by Gasteiger charge is -2.24. The number of hydrogen-bond acceptors (Lipinski definition) is 3. The summed E-state index contributed by atoms with van der Waals surface area (Å²) in [6.45, 7) is 9.85. The van der Waals surface area contributed by atoms with Crippen molar-refractivity contribution in [3.05, 3.63) is 24.3 Å². The van der Waals surface area contributed by atoms with Crippen LogP contribution >= 0.6 is 0 Å². The summed E-state index contributed by atoms with van der Waals surface area (Å²) in [6.07, 6.45) is 0.827. The van der Waals surface area contributed by atoms with Gasteiger partial charge in [-0.05, 0) is 50.5 Å². The average molecular weight is 323 g/mol. The van der Waals surface area contributed by atoms with E-state index in [0.29, 0.717) is 11.7 Å². The van der Waals surface area contributed by atoms with Crippen LogP contribution in [-0.4, -0.2) is 30.7 Å². The minimum Gasteiger partial charge on any atom is -0.426 e. The molecule has 0 spiro atoms. The van der Waals surface area contributed by atoms with Gasteiger partial charge in [-0.1, -0.05) is 13.8 Å². The van der Waals surface area contributed by atoms with E-state index < -0.39 is 5.41 Å². The maximum absolute atomic E-state index is 12.3. The van der Waals surface area contributed by atoms with Gasteiger partial charge in [-0.25, -0.2) is 0 Å². The zero-order chi connectivity index (χ0) is 16.2. The SMILES string of the molecule is CC(C)CC(C)(C)C(=O)Oc1ccc([S+]2CCOCC2)cc1. The third-order valence-electron chi connectivity index (χ3n) is 3.79. The number of ether oxygens (including phenoxy) is 2. The van der Waals surface area contributed by atoms with Gasteiger partial charge in [0.15, 0.2) is 4.90 Å². The van der Waals surface area contributed by atoms with Crippen molar-refractivity contribution in [3.63, 3.8) is 0 Å². The lowest BCUT2D eigenvalue weighted by Crippen LogP contribution is -2.30. The molecule has 3 nitrogen and oxygen atoms in total. The third kappa shape index (κ3) is 4.75. The van der Waals surface area contributed by atoms with E-state index in [9.17, 15) is 4.79 Å². The van der Waals surface area contributed by atoms with Gasteiger partial charge in [-0.15, -0.1) is 0 Å². The summed E-state index contributed by atoms with van der Waals surface area (Å²) < 4.78 is 11.0. The van der Waals surface area contributed by atoms with Crippen LogP contribution in [0.4, 0.5) is 0 Å². The van der Waals surface area contributed by atoms with Gasteiger partial charge in [0, 0.05) is 10.9 Å². The number of rotatable bonds is 5. The number of hydrogen-bond donors (Lipinski definition) is 0. The molecule has 1 aliphatic heterocycles. The van der Waals surface area contributed by atoms with E-state index in [4.69, 9.17) is 9.47 Å². The molecule has 0 aliphatic carbocycles. The van der Waals surface area contributed by atoms with Crippen molar-refractivity contribution in [3.8, 4) is 5.75 Å². The van der Waals surface area contributed by atoms with Gasteiger partial charge in [-0.2, -0.15) is 0 Å². The van der Waals surface area contributed by atoms with Gasteiger partial charge in [0.1, 0.15) is 17.3 Å². The summed E-state index contributed by atoms with van der Waals surface area (Å²) in [5.41, 5.74) is -0.449. The lowest BCUT2D eigenvalue weighted by molar-refractivity contribution is -0.144. The molecule has 0 radical (unpaired) electrons. The first-order valence-corrected chi connectivity index (χ1v) is 9.52. The highest BCUT2D eigenvalue weighted by Gasteiger charge is 2.31. The Morgan fingerprint density at radius 1 is 1.23 bits per heavy atom. The van der Waals surface area contributed by atoms with Crippen molar-refractivity contribution in [1.82, 2.24) is 0 Å². The predicted molar refractivity (Wildman–Crippen MR) is 91.5 cm³/mol. The summed E-state index contributed by atoms with van der Waals surface area (Å²) >= 11 is 0. The van der Waals surface area contributed by atoms with Gasteiger partial charge in [0.05, 0.1) is 18.6 Å². The molecule has 0 N–H and O–H groups in total. The fourth-order valence-corrected chi connectivity index (χ4v) is 4.64. The average Bonchev–Trinajstić information content (AvgIpc) is 2.47. The summed E-state index contributed by atoms with van der Waals surface area (Å²) in [5.74, 6) is 3.16. The van der Waals surface area contributed by atoms with Gasteiger partial charge >= 0.3 is 5.97 Å². The van der Waals surface area contributed by atoms with E-state index in [1.807, 2.05) is 26.0 Å². The molecule has 22 heavy (non-hydrogen) atoms. The van der Waals surface area contributed by atoms with Gasteiger partial charge in [0.25, 0.3) is 0 Å². The van der Waals surface area contributed by atoms with E-state index in [0.717, 1.165) is 31.1 Å². The smallest absolute Gasteiger partial charge is 0.316 e. The molecular formula is C18H27O3S+. The van der Waals surface area contributed by atoms with E-state index in [1.165, 1.54) is 4.90 Å². The minimum absolute atomic E-state index is 0.150. The topological polar surface area (TPSA) is 35.5 Å². The Morgan fingerprint density at radius 3 is 2.36 bits per heavy atom. The maximum Gasteiger partial charge on any atom is 0.316 e. The number of benzene rings is 1. The van der Waals surface area contributed by atoms with E-state index in [1.54, 1.807) is 0 Å². The van der Waals surface area contributed by atoms with E-state index in [2.05, 4.69) is 26.0 Å². The Labute approximate surface area is 136 Å². The van der Waals surface area contributed by atoms with Crippen molar-refractivity contribution in [2.45, 2.75) is 39.0 Å². The summed E-state index contributed by atoms with van der Waals surface area (Å²) in [5, 5.41) is 0. The Morgan fingerprint density at radius 2 is 1.82 bits per heavy atom. The quantitative estimate of drug-likeness (QED) is 0.471. The molecule has 0 unspecified atom stereocenters.